The van der Waals surface area contributed by atoms with Gasteiger partial charge in [0, 0.05) is 24.1 Å². The van der Waals surface area contributed by atoms with Crippen molar-refractivity contribution in [2.75, 3.05) is 11.9 Å². The number of aromatic amines is 1. The molecule has 19 heavy (non-hydrogen) atoms. The number of nitrogens with one attached hydrogen (secondary N) is 3. The highest BCUT2D eigenvalue weighted by molar-refractivity contribution is 6.05. The molecule has 4 heteroatoms. The van der Waals surface area contributed by atoms with Crippen LogP contribution in [-0.2, 0) is 6.54 Å². The summed E-state index contributed by atoms with van der Waals surface area (Å²) in [6, 6.07) is 9.63. The van der Waals surface area contributed by atoms with Crippen LogP contribution in [0.1, 0.15) is 28.5 Å². The summed E-state index contributed by atoms with van der Waals surface area (Å²) >= 11 is 0. The third-order valence-electron chi connectivity index (χ3n) is 3.03. The minimum atomic E-state index is -0.0808. The van der Waals surface area contributed by atoms with Crippen molar-refractivity contribution in [1.29, 1.82) is 0 Å². The first-order valence-electron chi connectivity index (χ1n) is 6.46. The fraction of sp³-hybridized carbons (Fsp3) is 0.267. The molecule has 0 atom stereocenters. The van der Waals surface area contributed by atoms with E-state index in [0.29, 0.717) is 5.56 Å². The molecule has 100 valence electrons. The Morgan fingerprint density at radius 3 is 2.74 bits per heavy atom. The Morgan fingerprint density at radius 2 is 2.05 bits per heavy atom. The number of aryl methyl sites for hydroxylation is 1. The highest BCUT2D eigenvalue weighted by atomic mass is 16.1. The SMILES string of the molecule is CCNCc1ccccc1NC(=O)c1cc[nH]c1C. The van der Waals surface area contributed by atoms with Crippen molar-refractivity contribution < 1.29 is 4.79 Å². The molecule has 4 nitrogen and oxygen atoms in total. The lowest BCUT2D eigenvalue weighted by molar-refractivity contribution is 0.102. The van der Waals surface area contributed by atoms with Crippen molar-refractivity contribution in [3.05, 3.63) is 53.3 Å². The Morgan fingerprint density at radius 1 is 1.26 bits per heavy atom. The first-order valence-corrected chi connectivity index (χ1v) is 6.46. The maximum Gasteiger partial charge on any atom is 0.257 e. The first-order chi connectivity index (χ1) is 9.22. The van der Waals surface area contributed by atoms with Crippen LogP contribution in [0.5, 0.6) is 0 Å². The zero-order chi connectivity index (χ0) is 13.7. The molecule has 0 radical (unpaired) electrons. The summed E-state index contributed by atoms with van der Waals surface area (Å²) < 4.78 is 0. The van der Waals surface area contributed by atoms with Gasteiger partial charge in [0.25, 0.3) is 5.91 Å². The Balaban J connectivity index is 2.15. The Labute approximate surface area is 113 Å². The largest absolute Gasteiger partial charge is 0.365 e. The number of benzene rings is 1. The fourth-order valence-corrected chi connectivity index (χ4v) is 1.94. The zero-order valence-corrected chi connectivity index (χ0v) is 11.3. The van der Waals surface area contributed by atoms with Crippen molar-refractivity contribution in [2.24, 2.45) is 0 Å². The molecule has 1 amide bonds. The standard InChI is InChI=1S/C15H19N3O/c1-3-16-10-12-6-4-5-7-14(12)18-15(19)13-8-9-17-11(13)2/h4-9,16-17H,3,10H2,1-2H3,(H,18,19). The summed E-state index contributed by atoms with van der Waals surface area (Å²) in [5, 5.41) is 6.23. The predicted molar refractivity (Wildman–Crippen MR) is 77.3 cm³/mol. The smallest absolute Gasteiger partial charge is 0.257 e. The van der Waals surface area contributed by atoms with Gasteiger partial charge in [0.1, 0.15) is 0 Å². The summed E-state index contributed by atoms with van der Waals surface area (Å²) in [5.41, 5.74) is 3.50. The van der Waals surface area contributed by atoms with Gasteiger partial charge >= 0.3 is 0 Å². The summed E-state index contributed by atoms with van der Waals surface area (Å²) in [6.07, 6.45) is 1.77. The van der Waals surface area contributed by atoms with E-state index in [9.17, 15) is 4.79 Å². The summed E-state index contributed by atoms with van der Waals surface area (Å²) in [6.45, 7) is 5.60. The quantitative estimate of drug-likeness (QED) is 0.771. The number of rotatable bonds is 5. The summed E-state index contributed by atoms with van der Waals surface area (Å²) in [4.78, 5) is 15.2. The number of anilines is 1. The second kappa shape index (κ2) is 6.20. The lowest BCUT2D eigenvalue weighted by atomic mass is 10.1. The predicted octanol–water partition coefficient (Wildman–Crippen LogP) is 2.68. The Bertz CT molecular complexity index is 560. The van der Waals surface area contributed by atoms with Gasteiger partial charge in [-0.1, -0.05) is 25.1 Å². The molecule has 0 unspecified atom stereocenters. The molecule has 1 aromatic heterocycles. The van der Waals surface area contributed by atoms with E-state index < -0.39 is 0 Å². The molecule has 0 aliphatic heterocycles. The maximum absolute atomic E-state index is 12.2. The molecular weight excluding hydrogens is 238 g/mol. The molecule has 2 aromatic rings. The number of hydrogen-bond acceptors (Lipinski definition) is 2. The van der Waals surface area contributed by atoms with Gasteiger partial charge < -0.3 is 15.6 Å². The normalized spacial score (nSPS) is 10.4. The van der Waals surface area contributed by atoms with Gasteiger partial charge in [-0.15, -0.1) is 0 Å². The maximum atomic E-state index is 12.2. The van der Waals surface area contributed by atoms with Crippen LogP contribution in [-0.4, -0.2) is 17.4 Å². The number of aromatic nitrogens is 1. The van der Waals surface area contributed by atoms with Crippen LogP contribution < -0.4 is 10.6 Å². The number of carbonyl (C=O) groups excluding carboxylic acids is 1. The number of amides is 1. The lowest BCUT2D eigenvalue weighted by Gasteiger charge is -2.11. The highest BCUT2D eigenvalue weighted by Crippen LogP contribution is 2.16. The fourth-order valence-electron chi connectivity index (χ4n) is 1.94. The highest BCUT2D eigenvalue weighted by Gasteiger charge is 2.11. The topological polar surface area (TPSA) is 56.9 Å². The Kier molecular flexibility index (Phi) is 4.36. The molecule has 2 rings (SSSR count). The molecule has 0 bridgehead atoms. The van der Waals surface area contributed by atoms with Crippen molar-refractivity contribution >= 4 is 11.6 Å². The molecule has 0 spiro atoms. The summed E-state index contributed by atoms with van der Waals surface area (Å²) in [5.74, 6) is -0.0808. The molecule has 1 aromatic carbocycles. The number of para-hydroxylation sites is 1. The molecule has 0 fully saturated rings. The van der Waals surface area contributed by atoms with E-state index in [4.69, 9.17) is 0 Å². The average molecular weight is 257 g/mol. The molecular formula is C15H19N3O. The van der Waals surface area contributed by atoms with Crippen molar-refractivity contribution in [2.45, 2.75) is 20.4 Å². The van der Waals surface area contributed by atoms with Gasteiger partial charge in [0.2, 0.25) is 0 Å². The summed E-state index contributed by atoms with van der Waals surface area (Å²) in [7, 11) is 0. The third kappa shape index (κ3) is 3.23. The number of hydrogen-bond donors (Lipinski definition) is 3. The van der Waals surface area contributed by atoms with E-state index in [-0.39, 0.29) is 5.91 Å². The van der Waals surface area contributed by atoms with E-state index >= 15 is 0 Å². The minimum absolute atomic E-state index is 0.0808. The Hall–Kier alpha value is -2.07. The van der Waals surface area contributed by atoms with Gasteiger partial charge in [-0.2, -0.15) is 0 Å². The van der Waals surface area contributed by atoms with E-state index in [2.05, 4.69) is 22.5 Å². The van der Waals surface area contributed by atoms with Crippen molar-refractivity contribution in [1.82, 2.24) is 10.3 Å². The van der Waals surface area contributed by atoms with Crippen LogP contribution in [0.25, 0.3) is 0 Å². The van der Waals surface area contributed by atoms with Gasteiger partial charge in [0.15, 0.2) is 0 Å². The molecule has 0 saturated carbocycles. The van der Waals surface area contributed by atoms with Crippen LogP contribution in [0.3, 0.4) is 0 Å². The number of carbonyl (C=O) groups is 1. The van der Waals surface area contributed by atoms with Crippen molar-refractivity contribution in [3.63, 3.8) is 0 Å². The van der Waals surface area contributed by atoms with Gasteiger partial charge in [-0.3, -0.25) is 4.79 Å². The monoisotopic (exact) mass is 257 g/mol. The van der Waals surface area contributed by atoms with Crippen LogP contribution in [0.15, 0.2) is 36.5 Å². The van der Waals surface area contributed by atoms with E-state index in [1.54, 1.807) is 12.3 Å². The molecule has 3 N–H and O–H groups in total. The van der Waals surface area contributed by atoms with E-state index in [1.165, 1.54) is 0 Å². The molecule has 0 aliphatic carbocycles. The van der Waals surface area contributed by atoms with Crippen LogP contribution in [0, 0.1) is 6.92 Å². The second-order valence-corrected chi connectivity index (χ2v) is 4.41. The van der Waals surface area contributed by atoms with E-state index in [0.717, 1.165) is 30.0 Å². The van der Waals surface area contributed by atoms with Crippen molar-refractivity contribution in [3.8, 4) is 0 Å². The molecule has 0 aliphatic rings. The first kappa shape index (κ1) is 13.4. The molecule has 0 saturated heterocycles. The minimum Gasteiger partial charge on any atom is -0.365 e. The van der Waals surface area contributed by atoms with Crippen LogP contribution in [0.2, 0.25) is 0 Å². The molecule has 1 heterocycles. The van der Waals surface area contributed by atoms with Crippen LogP contribution >= 0.6 is 0 Å². The lowest BCUT2D eigenvalue weighted by Crippen LogP contribution is -2.17. The van der Waals surface area contributed by atoms with Crippen LogP contribution in [0.4, 0.5) is 5.69 Å². The average Bonchev–Trinajstić information content (AvgIpc) is 2.84. The van der Waals surface area contributed by atoms with Gasteiger partial charge in [-0.25, -0.2) is 0 Å². The zero-order valence-electron chi connectivity index (χ0n) is 11.3. The third-order valence-corrected chi connectivity index (χ3v) is 3.03. The number of H-pyrrole nitrogens is 1. The van der Waals surface area contributed by atoms with E-state index in [1.807, 2.05) is 31.2 Å². The van der Waals surface area contributed by atoms with Gasteiger partial charge in [0.05, 0.1) is 5.56 Å². The second-order valence-electron chi connectivity index (χ2n) is 4.41. The van der Waals surface area contributed by atoms with Gasteiger partial charge in [-0.05, 0) is 31.2 Å².